The number of rotatable bonds is 8. The molecule has 0 aromatic heterocycles. The molecule has 0 aliphatic carbocycles. The van der Waals surface area contributed by atoms with Crippen LogP contribution in [0.5, 0.6) is 11.5 Å². The summed E-state index contributed by atoms with van der Waals surface area (Å²) < 4.78 is 11.5. The molecular formula is C24H33NO3. The van der Waals surface area contributed by atoms with Gasteiger partial charge in [0.05, 0.1) is 13.2 Å². The predicted molar refractivity (Wildman–Crippen MR) is 114 cm³/mol. The van der Waals surface area contributed by atoms with Crippen LogP contribution in [0.25, 0.3) is 0 Å². The molecule has 0 fully saturated rings. The number of nitrogens with one attached hydrogen (secondary N) is 1. The Balaban J connectivity index is 2.14. The topological polar surface area (TPSA) is 47.6 Å². The van der Waals surface area contributed by atoms with Crippen molar-refractivity contribution in [2.24, 2.45) is 0 Å². The van der Waals surface area contributed by atoms with Gasteiger partial charge >= 0.3 is 0 Å². The molecule has 1 N–H and O–H groups in total. The highest BCUT2D eigenvalue weighted by Gasteiger charge is 2.21. The minimum absolute atomic E-state index is 0.122. The number of para-hydroxylation sites is 1. The van der Waals surface area contributed by atoms with E-state index in [2.05, 4.69) is 32.2 Å². The number of ether oxygens (including phenoxy) is 2. The largest absolute Gasteiger partial charge is 0.496 e. The summed E-state index contributed by atoms with van der Waals surface area (Å²) in [5.74, 6) is 1.87. The summed E-state index contributed by atoms with van der Waals surface area (Å²) in [6, 6.07) is 11.9. The fourth-order valence-corrected chi connectivity index (χ4v) is 3.37. The number of amides is 1. The molecule has 4 heteroatoms. The number of hydrogen-bond acceptors (Lipinski definition) is 3. The number of hydrogen-bond donors (Lipinski definition) is 1. The zero-order chi connectivity index (χ0) is 20.8. The van der Waals surface area contributed by atoms with Crippen molar-refractivity contribution in [3.8, 4) is 11.5 Å². The minimum Gasteiger partial charge on any atom is -0.496 e. The quantitative estimate of drug-likeness (QED) is 0.670. The Morgan fingerprint density at radius 2 is 1.71 bits per heavy atom. The molecule has 2 aromatic rings. The van der Waals surface area contributed by atoms with E-state index in [1.807, 2.05) is 44.2 Å². The van der Waals surface area contributed by atoms with Crippen LogP contribution in [0, 0.1) is 6.92 Å². The predicted octanol–water partition coefficient (Wildman–Crippen LogP) is 5.33. The standard InChI is InChI=1S/C24H33NO3/c1-8-19-11-9-10-12-22(19)28-18(6)24(26)25-17(5)21-14-20(15(2)3)23(27-7)13-16(21)4/h9-15,17-18H,8H2,1-7H3,(H,25,26)/t17-,18-/m1/s1. The van der Waals surface area contributed by atoms with Crippen LogP contribution in [0.2, 0.25) is 0 Å². The third-order valence-corrected chi connectivity index (χ3v) is 5.09. The monoisotopic (exact) mass is 383 g/mol. The van der Waals surface area contributed by atoms with Crippen molar-refractivity contribution in [3.05, 3.63) is 58.7 Å². The maximum Gasteiger partial charge on any atom is 0.261 e. The van der Waals surface area contributed by atoms with Crippen molar-refractivity contribution < 1.29 is 14.3 Å². The van der Waals surface area contributed by atoms with Crippen LogP contribution in [-0.4, -0.2) is 19.1 Å². The van der Waals surface area contributed by atoms with Gasteiger partial charge < -0.3 is 14.8 Å². The molecule has 0 unspecified atom stereocenters. The van der Waals surface area contributed by atoms with E-state index in [1.165, 1.54) is 0 Å². The molecule has 0 saturated carbocycles. The first-order valence-electron chi connectivity index (χ1n) is 10.0. The van der Waals surface area contributed by atoms with Gasteiger partial charge in [0, 0.05) is 0 Å². The van der Waals surface area contributed by atoms with Crippen molar-refractivity contribution in [1.82, 2.24) is 5.32 Å². The Labute approximate surface area is 169 Å². The molecular weight excluding hydrogens is 350 g/mol. The molecule has 0 radical (unpaired) electrons. The van der Waals surface area contributed by atoms with E-state index in [1.54, 1.807) is 14.0 Å². The lowest BCUT2D eigenvalue weighted by Gasteiger charge is -2.23. The molecule has 0 aliphatic heterocycles. The normalized spacial score (nSPS) is 13.1. The second kappa shape index (κ2) is 9.63. The van der Waals surface area contributed by atoms with Gasteiger partial charge in [0.2, 0.25) is 0 Å². The van der Waals surface area contributed by atoms with Gasteiger partial charge in [0.1, 0.15) is 11.5 Å². The highest BCUT2D eigenvalue weighted by molar-refractivity contribution is 5.81. The highest BCUT2D eigenvalue weighted by Crippen LogP contribution is 2.32. The molecule has 0 bridgehead atoms. The van der Waals surface area contributed by atoms with Gasteiger partial charge in [-0.2, -0.15) is 0 Å². The molecule has 0 aliphatic rings. The molecule has 0 saturated heterocycles. The zero-order valence-electron chi connectivity index (χ0n) is 18.1. The Morgan fingerprint density at radius 1 is 1.04 bits per heavy atom. The number of carbonyl (C=O) groups is 1. The van der Waals surface area contributed by atoms with Crippen molar-refractivity contribution in [3.63, 3.8) is 0 Å². The van der Waals surface area contributed by atoms with E-state index < -0.39 is 6.10 Å². The minimum atomic E-state index is -0.571. The van der Waals surface area contributed by atoms with E-state index in [4.69, 9.17) is 9.47 Å². The maximum atomic E-state index is 12.7. The lowest BCUT2D eigenvalue weighted by molar-refractivity contribution is -0.127. The Hall–Kier alpha value is -2.49. The summed E-state index contributed by atoms with van der Waals surface area (Å²) in [7, 11) is 1.69. The second-order valence-corrected chi connectivity index (χ2v) is 7.56. The first-order valence-corrected chi connectivity index (χ1v) is 10.0. The molecule has 4 nitrogen and oxygen atoms in total. The molecule has 152 valence electrons. The van der Waals surface area contributed by atoms with E-state index >= 15 is 0 Å². The number of carbonyl (C=O) groups excluding carboxylic acids is 1. The van der Waals surface area contributed by atoms with Crippen LogP contribution >= 0.6 is 0 Å². The Bertz CT molecular complexity index is 813. The highest BCUT2D eigenvalue weighted by atomic mass is 16.5. The van der Waals surface area contributed by atoms with Crippen LogP contribution in [0.4, 0.5) is 0 Å². The van der Waals surface area contributed by atoms with E-state index in [-0.39, 0.29) is 11.9 Å². The smallest absolute Gasteiger partial charge is 0.261 e. The van der Waals surface area contributed by atoms with Gasteiger partial charge in [-0.1, -0.05) is 39.0 Å². The van der Waals surface area contributed by atoms with E-state index in [0.29, 0.717) is 5.92 Å². The first-order chi connectivity index (χ1) is 13.3. The number of benzene rings is 2. The van der Waals surface area contributed by atoms with Gasteiger partial charge in [-0.25, -0.2) is 0 Å². The zero-order valence-corrected chi connectivity index (χ0v) is 18.1. The van der Waals surface area contributed by atoms with E-state index in [0.717, 1.165) is 40.2 Å². The summed E-state index contributed by atoms with van der Waals surface area (Å²) in [6.45, 7) is 12.2. The van der Waals surface area contributed by atoms with Crippen LogP contribution in [0.1, 0.15) is 68.8 Å². The van der Waals surface area contributed by atoms with Crippen LogP contribution in [0.3, 0.4) is 0 Å². The van der Waals surface area contributed by atoms with Crippen molar-refractivity contribution in [2.45, 2.75) is 66.0 Å². The maximum absolute atomic E-state index is 12.7. The fourth-order valence-electron chi connectivity index (χ4n) is 3.37. The van der Waals surface area contributed by atoms with Crippen LogP contribution in [0.15, 0.2) is 36.4 Å². The summed E-state index contributed by atoms with van der Waals surface area (Å²) in [6.07, 6.45) is 0.294. The van der Waals surface area contributed by atoms with Gasteiger partial charge in [-0.3, -0.25) is 4.79 Å². The van der Waals surface area contributed by atoms with Crippen molar-refractivity contribution >= 4 is 5.91 Å². The SMILES string of the molecule is CCc1ccccc1O[C@H](C)C(=O)N[C@H](C)c1cc(C(C)C)c(OC)cc1C. The Kier molecular flexibility index (Phi) is 7.50. The van der Waals surface area contributed by atoms with Crippen LogP contribution in [-0.2, 0) is 11.2 Å². The average molecular weight is 384 g/mol. The summed E-state index contributed by atoms with van der Waals surface area (Å²) in [5, 5.41) is 3.09. The first kappa shape index (κ1) is 21.8. The van der Waals surface area contributed by atoms with Gasteiger partial charge in [0.25, 0.3) is 5.91 Å². The summed E-state index contributed by atoms with van der Waals surface area (Å²) in [4.78, 5) is 12.7. The lowest BCUT2D eigenvalue weighted by Crippen LogP contribution is -2.38. The van der Waals surface area contributed by atoms with Crippen molar-refractivity contribution in [2.75, 3.05) is 7.11 Å². The molecule has 0 heterocycles. The second-order valence-electron chi connectivity index (χ2n) is 7.56. The van der Waals surface area contributed by atoms with Gasteiger partial charge in [-0.15, -0.1) is 0 Å². The summed E-state index contributed by atoms with van der Waals surface area (Å²) >= 11 is 0. The molecule has 1 amide bonds. The van der Waals surface area contributed by atoms with E-state index in [9.17, 15) is 4.79 Å². The number of aryl methyl sites for hydroxylation is 2. The van der Waals surface area contributed by atoms with Crippen LogP contribution < -0.4 is 14.8 Å². The molecule has 0 spiro atoms. The molecule has 28 heavy (non-hydrogen) atoms. The van der Waals surface area contributed by atoms with Gasteiger partial charge in [0.15, 0.2) is 6.10 Å². The third-order valence-electron chi connectivity index (χ3n) is 5.09. The summed E-state index contributed by atoms with van der Waals surface area (Å²) in [5.41, 5.74) is 4.44. The number of methoxy groups -OCH3 is 1. The van der Waals surface area contributed by atoms with Crippen molar-refractivity contribution in [1.29, 1.82) is 0 Å². The fraction of sp³-hybridized carbons (Fsp3) is 0.458. The lowest BCUT2D eigenvalue weighted by atomic mass is 9.93. The third kappa shape index (κ3) is 5.06. The molecule has 2 rings (SSSR count). The molecule has 2 atom stereocenters. The van der Waals surface area contributed by atoms with Gasteiger partial charge in [-0.05, 0) is 73.6 Å². The Morgan fingerprint density at radius 3 is 2.32 bits per heavy atom. The molecule has 2 aromatic carbocycles. The average Bonchev–Trinajstić information content (AvgIpc) is 2.67.